The van der Waals surface area contributed by atoms with Crippen LogP contribution in [-0.2, 0) is 20.0 Å². The molecule has 1 aliphatic rings. The predicted molar refractivity (Wildman–Crippen MR) is 84.1 cm³/mol. The molecule has 1 fully saturated rings. The van der Waals surface area contributed by atoms with E-state index in [1.165, 1.54) is 6.42 Å². The summed E-state index contributed by atoms with van der Waals surface area (Å²) in [6.45, 7) is 10.8. The number of hydrogen-bond acceptors (Lipinski definition) is 3. The predicted octanol–water partition coefficient (Wildman–Crippen LogP) is 2.46. The van der Waals surface area contributed by atoms with Gasteiger partial charge in [0.05, 0.1) is 16.4 Å². The summed E-state index contributed by atoms with van der Waals surface area (Å²) in [6, 6.07) is 0.588. The fourth-order valence-corrected chi connectivity index (χ4v) is 3.33. The molecule has 2 unspecified atom stereocenters. The molecule has 1 saturated heterocycles. The Labute approximate surface area is 127 Å². The summed E-state index contributed by atoms with van der Waals surface area (Å²) in [7, 11) is 2.00. The molecular weight excluding hydrogens is 272 g/mol. The molecule has 0 bridgehead atoms. The van der Waals surface area contributed by atoms with Crippen LogP contribution in [0.3, 0.4) is 0 Å². The first kappa shape index (κ1) is 15.8. The first-order valence-corrected chi connectivity index (χ1v) is 8.11. The summed E-state index contributed by atoms with van der Waals surface area (Å²) in [6.07, 6.45) is 2.10. The smallest absolute Gasteiger partial charge is 0.0863 e. The zero-order valence-electron chi connectivity index (χ0n) is 13.1. The molecule has 1 aromatic heterocycles. The van der Waals surface area contributed by atoms with Gasteiger partial charge < -0.3 is 5.32 Å². The van der Waals surface area contributed by atoms with Crippen LogP contribution in [0.5, 0.6) is 0 Å². The van der Waals surface area contributed by atoms with Crippen molar-refractivity contribution >= 4 is 11.6 Å². The van der Waals surface area contributed by atoms with E-state index >= 15 is 0 Å². The number of rotatable bonds is 5. The topological polar surface area (TPSA) is 33.1 Å². The van der Waals surface area contributed by atoms with Gasteiger partial charge in [-0.2, -0.15) is 5.10 Å². The maximum Gasteiger partial charge on any atom is 0.0863 e. The normalized spacial score (nSPS) is 22.1. The Balaban J connectivity index is 2.16. The van der Waals surface area contributed by atoms with Gasteiger partial charge in [-0.3, -0.25) is 9.58 Å². The van der Waals surface area contributed by atoms with Crippen molar-refractivity contribution in [2.45, 2.75) is 46.2 Å². The molecule has 0 radical (unpaired) electrons. The fraction of sp³-hybridized carbons (Fsp3) is 0.800. The number of nitrogens with one attached hydrogen (secondary N) is 1. The summed E-state index contributed by atoms with van der Waals surface area (Å²) < 4.78 is 1.96. The Morgan fingerprint density at radius 3 is 2.80 bits per heavy atom. The zero-order chi connectivity index (χ0) is 14.7. The molecule has 2 atom stereocenters. The van der Waals surface area contributed by atoms with Crippen LogP contribution in [-0.4, -0.2) is 40.4 Å². The SMILES string of the molecule is CCc1nn(C)c(CN2CCNCC2C(C)CC)c1Cl. The molecule has 0 amide bonds. The number of aryl methyl sites for hydroxylation is 2. The van der Waals surface area contributed by atoms with Crippen LogP contribution in [0, 0.1) is 5.92 Å². The van der Waals surface area contributed by atoms with Crippen LogP contribution < -0.4 is 5.32 Å². The lowest BCUT2D eigenvalue weighted by Crippen LogP contribution is -2.53. The van der Waals surface area contributed by atoms with Gasteiger partial charge in [0, 0.05) is 39.3 Å². The lowest BCUT2D eigenvalue weighted by molar-refractivity contribution is 0.106. The zero-order valence-corrected chi connectivity index (χ0v) is 13.9. The van der Waals surface area contributed by atoms with Crippen molar-refractivity contribution in [1.82, 2.24) is 20.0 Å². The monoisotopic (exact) mass is 298 g/mol. The molecular formula is C15H27ClN4. The highest BCUT2D eigenvalue weighted by molar-refractivity contribution is 6.31. The number of piperazine rings is 1. The first-order chi connectivity index (χ1) is 9.58. The molecule has 0 saturated carbocycles. The standard InChI is InChI=1S/C15H27ClN4/c1-5-11(3)13-9-17-7-8-20(13)10-14-15(16)12(6-2)18-19(14)4/h11,13,17H,5-10H2,1-4H3. The van der Waals surface area contributed by atoms with Crippen molar-refractivity contribution < 1.29 is 0 Å². The quantitative estimate of drug-likeness (QED) is 0.906. The second kappa shape index (κ2) is 6.92. The van der Waals surface area contributed by atoms with E-state index in [-0.39, 0.29) is 0 Å². The van der Waals surface area contributed by atoms with Crippen LogP contribution in [0.25, 0.3) is 0 Å². The lowest BCUT2D eigenvalue weighted by atomic mass is 9.96. The molecule has 20 heavy (non-hydrogen) atoms. The van der Waals surface area contributed by atoms with Gasteiger partial charge in [0.25, 0.3) is 0 Å². The maximum atomic E-state index is 6.48. The van der Waals surface area contributed by atoms with E-state index < -0.39 is 0 Å². The van der Waals surface area contributed by atoms with Crippen molar-refractivity contribution in [3.63, 3.8) is 0 Å². The second-order valence-corrected chi connectivity index (χ2v) is 6.19. The lowest BCUT2D eigenvalue weighted by Gasteiger charge is -2.39. The molecule has 1 aromatic rings. The largest absolute Gasteiger partial charge is 0.314 e. The van der Waals surface area contributed by atoms with Crippen LogP contribution in [0.2, 0.25) is 5.02 Å². The summed E-state index contributed by atoms with van der Waals surface area (Å²) in [5.74, 6) is 0.695. The van der Waals surface area contributed by atoms with E-state index in [1.54, 1.807) is 0 Å². The van der Waals surface area contributed by atoms with E-state index in [2.05, 4.69) is 36.1 Å². The van der Waals surface area contributed by atoms with Crippen LogP contribution >= 0.6 is 11.6 Å². The van der Waals surface area contributed by atoms with Crippen molar-refractivity contribution in [1.29, 1.82) is 0 Å². The van der Waals surface area contributed by atoms with Crippen LogP contribution in [0.15, 0.2) is 0 Å². The maximum absolute atomic E-state index is 6.48. The summed E-state index contributed by atoms with van der Waals surface area (Å²) in [5.41, 5.74) is 2.16. The molecule has 1 aliphatic heterocycles. The Kier molecular flexibility index (Phi) is 5.47. The third kappa shape index (κ3) is 3.18. The van der Waals surface area contributed by atoms with Crippen molar-refractivity contribution in [3.05, 3.63) is 16.4 Å². The number of aromatic nitrogens is 2. The summed E-state index contributed by atoms with van der Waals surface area (Å²) >= 11 is 6.48. The minimum atomic E-state index is 0.588. The van der Waals surface area contributed by atoms with Gasteiger partial charge in [0.15, 0.2) is 0 Å². The summed E-state index contributed by atoms with van der Waals surface area (Å²) in [5, 5.41) is 8.90. The van der Waals surface area contributed by atoms with Gasteiger partial charge in [-0.15, -0.1) is 0 Å². The number of nitrogens with zero attached hydrogens (tertiary/aromatic N) is 3. The molecule has 0 aliphatic carbocycles. The molecule has 5 heteroatoms. The average molecular weight is 299 g/mol. The average Bonchev–Trinajstić information content (AvgIpc) is 2.74. The highest BCUT2D eigenvalue weighted by Gasteiger charge is 2.28. The molecule has 4 nitrogen and oxygen atoms in total. The molecule has 0 aromatic carbocycles. The molecule has 114 valence electrons. The minimum absolute atomic E-state index is 0.588. The van der Waals surface area contributed by atoms with Gasteiger partial charge in [-0.1, -0.05) is 38.8 Å². The number of halogens is 1. The molecule has 0 spiro atoms. The van der Waals surface area contributed by atoms with Gasteiger partial charge in [0.1, 0.15) is 0 Å². The van der Waals surface area contributed by atoms with Crippen molar-refractivity contribution in [2.75, 3.05) is 19.6 Å². The van der Waals surface area contributed by atoms with Gasteiger partial charge in [-0.05, 0) is 12.3 Å². The van der Waals surface area contributed by atoms with E-state index in [4.69, 9.17) is 11.6 Å². The van der Waals surface area contributed by atoms with E-state index in [9.17, 15) is 0 Å². The third-order valence-corrected chi connectivity index (χ3v) is 4.99. The van der Waals surface area contributed by atoms with E-state index in [1.807, 2.05) is 11.7 Å². The highest BCUT2D eigenvalue weighted by atomic mass is 35.5. The number of hydrogen-bond donors (Lipinski definition) is 1. The van der Waals surface area contributed by atoms with Crippen molar-refractivity contribution in [2.24, 2.45) is 13.0 Å². The first-order valence-electron chi connectivity index (χ1n) is 7.73. The highest BCUT2D eigenvalue weighted by Crippen LogP contribution is 2.25. The fourth-order valence-electron chi connectivity index (χ4n) is 2.98. The Morgan fingerprint density at radius 2 is 2.20 bits per heavy atom. The van der Waals surface area contributed by atoms with E-state index in [0.717, 1.165) is 49.0 Å². The van der Waals surface area contributed by atoms with Gasteiger partial charge >= 0.3 is 0 Å². The van der Waals surface area contributed by atoms with Crippen LogP contribution in [0.4, 0.5) is 0 Å². The molecule has 2 rings (SSSR count). The second-order valence-electron chi connectivity index (χ2n) is 5.81. The van der Waals surface area contributed by atoms with E-state index in [0.29, 0.717) is 12.0 Å². The Hall–Kier alpha value is -0.580. The Bertz CT molecular complexity index is 443. The van der Waals surface area contributed by atoms with Crippen LogP contribution in [0.1, 0.15) is 38.6 Å². The summed E-state index contributed by atoms with van der Waals surface area (Å²) in [4.78, 5) is 2.56. The minimum Gasteiger partial charge on any atom is -0.314 e. The van der Waals surface area contributed by atoms with Gasteiger partial charge in [0.2, 0.25) is 0 Å². The Morgan fingerprint density at radius 1 is 1.45 bits per heavy atom. The van der Waals surface area contributed by atoms with Gasteiger partial charge in [-0.25, -0.2) is 0 Å². The molecule has 2 heterocycles. The van der Waals surface area contributed by atoms with Crippen molar-refractivity contribution in [3.8, 4) is 0 Å². The molecule has 1 N–H and O–H groups in total. The third-order valence-electron chi connectivity index (χ3n) is 4.55.